The van der Waals surface area contributed by atoms with Crippen LogP contribution in [0.2, 0.25) is 0 Å². The molecule has 0 amide bonds. The third-order valence-corrected chi connectivity index (χ3v) is 2.82. The van der Waals surface area contributed by atoms with Gasteiger partial charge in [-0.2, -0.15) is 30.7 Å². The lowest BCUT2D eigenvalue weighted by Gasteiger charge is -2.33. The van der Waals surface area contributed by atoms with E-state index in [1.165, 1.54) is 18.2 Å². The lowest BCUT2D eigenvalue weighted by atomic mass is 9.86. The van der Waals surface area contributed by atoms with Crippen LogP contribution in [0.15, 0.2) is 30.3 Å². The van der Waals surface area contributed by atoms with Crippen LogP contribution in [0.25, 0.3) is 0 Å². The monoisotopic (exact) mass is 288 g/mol. The number of hydrogen-bond acceptors (Lipinski definition) is 0. The van der Waals surface area contributed by atoms with Crippen LogP contribution in [0.3, 0.4) is 0 Å². The number of rotatable bonds is 4. The summed E-state index contributed by atoms with van der Waals surface area (Å²) in [4.78, 5) is 0. The zero-order chi connectivity index (χ0) is 14.9. The predicted octanol–water partition coefficient (Wildman–Crippen LogP) is 5.01. The molecule has 0 N–H and O–H groups in total. The van der Waals surface area contributed by atoms with Crippen molar-refractivity contribution in [3.05, 3.63) is 35.9 Å². The van der Waals surface area contributed by atoms with Crippen LogP contribution in [0, 0.1) is 0 Å². The van der Waals surface area contributed by atoms with Crippen LogP contribution in [0.5, 0.6) is 0 Å². The second-order valence-electron chi connectivity index (χ2n) is 4.07. The van der Waals surface area contributed by atoms with E-state index in [-0.39, 0.29) is 5.56 Å². The van der Waals surface area contributed by atoms with E-state index in [0.29, 0.717) is 0 Å². The molecule has 0 bridgehead atoms. The van der Waals surface area contributed by atoms with Crippen molar-refractivity contribution in [3.8, 4) is 0 Å². The largest absolute Gasteiger partial charge is 0.459 e. The van der Waals surface area contributed by atoms with Crippen molar-refractivity contribution in [1.29, 1.82) is 0 Å². The lowest BCUT2D eigenvalue weighted by molar-refractivity contribution is -0.359. The third kappa shape index (κ3) is 2.69. The van der Waals surface area contributed by atoms with E-state index < -0.39 is 30.4 Å². The minimum absolute atomic E-state index is 0.251. The molecule has 108 valence electrons. The molecule has 1 aromatic carbocycles. The summed E-state index contributed by atoms with van der Waals surface area (Å²) in [6.07, 6.45) is -6.83. The Labute approximate surface area is 105 Å². The molecule has 0 heterocycles. The van der Waals surface area contributed by atoms with Crippen LogP contribution >= 0.6 is 0 Å². The van der Waals surface area contributed by atoms with Crippen LogP contribution < -0.4 is 0 Å². The van der Waals surface area contributed by atoms with E-state index in [1.54, 1.807) is 0 Å². The van der Waals surface area contributed by atoms with Gasteiger partial charge in [0.15, 0.2) is 0 Å². The summed E-state index contributed by atoms with van der Waals surface area (Å²) in [5.41, 5.74) is -0.251. The zero-order valence-corrected chi connectivity index (χ0v) is 9.82. The maximum Gasteiger partial charge on any atom is 0.459 e. The van der Waals surface area contributed by atoms with Crippen LogP contribution in [0.1, 0.15) is 24.8 Å². The molecule has 0 saturated heterocycles. The topological polar surface area (TPSA) is 0 Å². The summed E-state index contributed by atoms with van der Waals surface area (Å²) in [5.74, 6) is -13.5. The van der Waals surface area contributed by atoms with Crippen molar-refractivity contribution in [2.24, 2.45) is 0 Å². The van der Waals surface area contributed by atoms with Crippen molar-refractivity contribution < 1.29 is 30.7 Å². The average molecular weight is 288 g/mol. The average Bonchev–Trinajstić information content (AvgIpc) is 2.29. The highest BCUT2D eigenvalue weighted by Gasteiger charge is 2.74. The van der Waals surface area contributed by atoms with E-state index >= 15 is 0 Å². The van der Waals surface area contributed by atoms with Crippen molar-refractivity contribution in [2.45, 2.75) is 37.3 Å². The van der Waals surface area contributed by atoms with Crippen LogP contribution in [-0.2, 0) is 0 Å². The predicted molar refractivity (Wildman–Crippen MR) is 55.4 cm³/mol. The molecule has 0 aliphatic rings. The number of alkyl halides is 7. The number of halogens is 7. The number of hydrogen-bond donors (Lipinski definition) is 0. The third-order valence-electron chi connectivity index (χ3n) is 2.82. The lowest BCUT2D eigenvalue weighted by Crippen LogP contribution is -2.54. The Morgan fingerprint density at radius 1 is 0.895 bits per heavy atom. The van der Waals surface area contributed by atoms with Crippen molar-refractivity contribution >= 4 is 0 Å². The molecule has 0 nitrogen and oxygen atoms in total. The van der Waals surface area contributed by atoms with Gasteiger partial charge in [0.2, 0.25) is 0 Å². The van der Waals surface area contributed by atoms with Gasteiger partial charge in [0.25, 0.3) is 0 Å². The van der Waals surface area contributed by atoms with Gasteiger partial charge < -0.3 is 0 Å². The van der Waals surface area contributed by atoms with E-state index in [0.717, 1.165) is 19.1 Å². The van der Waals surface area contributed by atoms with E-state index in [2.05, 4.69) is 0 Å². The second-order valence-corrected chi connectivity index (χ2v) is 4.07. The Bertz CT molecular complexity index is 408. The fourth-order valence-electron chi connectivity index (χ4n) is 1.79. The Hall–Kier alpha value is -1.27. The SMILES string of the molecule is CCC(c1ccccc1)C(F)(F)C(F)(F)C(F)(F)F. The molecule has 0 aromatic heterocycles. The molecule has 1 unspecified atom stereocenters. The van der Waals surface area contributed by atoms with Crippen molar-refractivity contribution in [3.63, 3.8) is 0 Å². The summed E-state index contributed by atoms with van der Waals surface area (Å²) < 4.78 is 89.4. The highest BCUT2D eigenvalue weighted by Crippen LogP contribution is 2.53. The van der Waals surface area contributed by atoms with Gasteiger partial charge in [-0.1, -0.05) is 37.3 Å². The molecule has 0 radical (unpaired) electrons. The van der Waals surface area contributed by atoms with E-state index in [1.807, 2.05) is 0 Å². The molecule has 0 spiro atoms. The van der Waals surface area contributed by atoms with Gasteiger partial charge in [-0.3, -0.25) is 0 Å². The Morgan fingerprint density at radius 3 is 1.74 bits per heavy atom. The Balaban J connectivity index is 3.24. The standard InChI is InChI=1S/C12H11F7/c1-2-9(8-6-4-3-5-7-8)10(13,14)11(15,16)12(17,18)19/h3-7,9H,2H2,1H3. The van der Waals surface area contributed by atoms with Crippen LogP contribution in [0.4, 0.5) is 30.7 Å². The molecule has 0 fully saturated rings. The Morgan fingerprint density at radius 2 is 1.37 bits per heavy atom. The molecule has 0 aliphatic carbocycles. The van der Waals surface area contributed by atoms with Crippen LogP contribution in [-0.4, -0.2) is 18.0 Å². The van der Waals surface area contributed by atoms with Gasteiger partial charge >= 0.3 is 18.0 Å². The molecular weight excluding hydrogens is 277 g/mol. The van der Waals surface area contributed by atoms with Crippen molar-refractivity contribution in [1.82, 2.24) is 0 Å². The van der Waals surface area contributed by atoms with Gasteiger partial charge in [0.05, 0.1) is 5.92 Å². The summed E-state index contributed by atoms with van der Waals surface area (Å²) in [7, 11) is 0. The zero-order valence-electron chi connectivity index (χ0n) is 9.82. The van der Waals surface area contributed by atoms with Gasteiger partial charge in [-0.15, -0.1) is 0 Å². The molecule has 1 atom stereocenters. The van der Waals surface area contributed by atoms with E-state index in [4.69, 9.17) is 0 Å². The first kappa shape index (κ1) is 15.8. The Kier molecular flexibility index (Phi) is 4.17. The minimum Gasteiger partial charge on any atom is -0.199 e. The summed E-state index contributed by atoms with van der Waals surface area (Å²) in [6, 6.07) is 6.28. The second kappa shape index (κ2) is 5.02. The fraction of sp³-hybridized carbons (Fsp3) is 0.500. The molecule has 0 aliphatic heterocycles. The highest BCUT2D eigenvalue weighted by atomic mass is 19.4. The summed E-state index contributed by atoms with van der Waals surface area (Å²) in [6.45, 7) is 1.14. The summed E-state index contributed by atoms with van der Waals surface area (Å²) >= 11 is 0. The quantitative estimate of drug-likeness (QED) is 0.683. The maximum atomic E-state index is 13.6. The van der Waals surface area contributed by atoms with Crippen molar-refractivity contribution in [2.75, 3.05) is 0 Å². The maximum absolute atomic E-state index is 13.6. The smallest absolute Gasteiger partial charge is 0.199 e. The van der Waals surface area contributed by atoms with Gasteiger partial charge in [-0.25, -0.2) is 0 Å². The molecule has 0 saturated carbocycles. The van der Waals surface area contributed by atoms with Gasteiger partial charge in [0.1, 0.15) is 0 Å². The van der Waals surface area contributed by atoms with Gasteiger partial charge in [-0.05, 0) is 12.0 Å². The molecular formula is C12H11F7. The molecule has 1 aromatic rings. The molecule has 7 heteroatoms. The fourth-order valence-corrected chi connectivity index (χ4v) is 1.79. The summed E-state index contributed by atoms with van der Waals surface area (Å²) in [5, 5.41) is 0. The first-order valence-corrected chi connectivity index (χ1v) is 5.43. The number of benzene rings is 1. The highest BCUT2D eigenvalue weighted by molar-refractivity contribution is 5.23. The van der Waals surface area contributed by atoms with Gasteiger partial charge in [0, 0.05) is 0 Å². The van der Waals surface area contributed by atoms with E-state index in [9.17, 15) is 30.7 Å². The molecule has 1 rings (SSSR count). The minimum atomic E-state index is -6.29. The normalized spacial score (nSPS) is 15.4. The first-order valence-electron chi connectivity index (χ1n) is 5.43. The first-order chi connectivity index (χ1) is 8.55. The molecule has 19 heavy (non-hydrogen) atoms.